The standard InChI is InChI=1S/C11H14N4O2S/c1-7(12)2-3-13-9(16)8-6-14-11-15(10(8)17)4-5-18-11/h4-7H,2-3,12H2,1H3,(H,13,16). The van der Waals surface area contributed by atoms with Gasteiger partial charge in [-0.05, 0) is 13.3 Å². The van der Waals surface area contributed by atoms with Crippen molar-refractivity contribution in [3.8, 4) is 0 Å². The first-order chi connectivity index (χ1) is 8.59. The number of carbonyl (C=O) groups excluding carboxylic acids is 1. The highest BCUT2D eigenvalue weighted by Crippen LogP contribution is 2.05. The minimum absolute atomic E-state index is 0.0175. The fraction of sp³-hybridized carbons (Fsp3) is 0.364. The highest BCUT2D eigenvalue weighted by atomic mass is 32.1. The van der Waals surface area contributed by atoms with Crippen LogP contribution in [-0.4, -0.2) is 27.9 Å². The normalized spacial score (nSPS) is 12.6. The lowest BCUT2D eigenvalue weighted by Gasteiger charge is -2.06. The quantitative estimate of drug-likeness (QED) is 0.828. The number of nitrogens with one attached hydrogen (secondary N) is 1. The van der Waals surface area contributed by atoms with Gasteiger partial charge in [0, 0.05) is 30.4 Å². The number of hydrogen-bond acceptors (Lipinski definition) is 5. The molecule has 0 saturated heterocycles. The molecule has 6 nitrogen and oxygen atoms in total. The molecule has 0 fully saturated rings. The molecule has 0 aliphatic heterocycles. The van der Waals surface area contributed by atoms with Crippen LogP contribution in [0.2, 0.25) is 0 Å². The van der Waals surface area contributed by atoms with Crippen molar-refractivity contribution >= 4 is 22.2 Å². The fourth-order valence-electron chi connectivity index (χ4n) is 1.49. The molecular weight excluding hydrogens is 252 g/mol. The van der Waals surface area contributed by atoms with Crippen molar-refractivity contribution in [3.63, 3.8) is 0 Å². The van der Waals surface area contributed by atoms with Gasteiger partial charge in [0.2, 0.25) is 0 Å². The summed E-state index contributed by atoms with van der Waals surface area (Å²) in [4.78, 5) is 28.4. The van der Waals surface area contributed by atoms with Gasteiger partial charge in [0.1, 0.15) is 5.56 Å². The van der Waals surface area contributed by atoms with Crippen LogP contribution in [0.5, 0.6) is 0 Å². The molecule has 2 aromatic rings. The second kappa shape index (κ2) is 5.28. The van der Waals surface area contributed by atoms with Crippen molar-refractivity contribution in [2.45, 2.75) is 19.4 Å². The van der Waals surface area contributed by atoms with E-state index in [2.05, 4.69) is 10.3 Å². The Morgan fingerprint density at radius 3 is 3.17 bits per heavy atom. The monoisotopic (exact) mass is 266 g/mol. The maximum atomic E-state index is 12.0. The van der Waals surface area contributed by atoms with Crippen molar-refractivity contribution in [2.75, 3.05) is 6.54 Å². The van der Waals surface area contributed by atoms with Gasteiger partial charge in [-0.25, -0.2) is 4.98 Å². The van der Waals surface area contributed by atoms with E-state index in [0.717, 1.165) is 0 Å². The number of hydrogen-bond donors (Lipinski definition) is 2. The summed E-state index contributed by atoms with van der Waals surface area (Å²) in [5, 5.41) is 4.41. The SMILES string of the molecule is CC(N)CCNC(=O)c1cnc2sccn2c1=O. The summed E-state index contributed by atoms with van der Waals surface area (Å²) in [5.74, 6) is -0.409. The van der Waals surface area contributed by atoms with Crippen LogP contribution < -0.4 is 16.6 Å². The van der Waals surface area contributed by atoms with E-state index in [9.17, 15) is 9.59 Å². The van der Waals surface area contributed by atoms with Crippen LogP contribution in [0.3, 0.4) is 0 Å². The molecule has 3 N–H and O–H groups in total. The zero-order valence-electron chi connectivity index (χ0n) is 9.92. The third-order valence-corrected chi connectivity index (χ3v) is 3.24. The van der Waals surface area contributed by atoms with Crippen molar-refractivity contribution in [1.82, 2.24) is 14.7 Å². The Balaban J connectivity index is 2.17. The molecule has 2 heterocycles. The van der Waals surface area contributed by atoms with Gasteiger partial charge < -0.3 is 11.1 Å². The smallest absolute Gasteiger partial charge is 0.271 e. The molecule has 2 rings (SSSR count). The molecule has 0 saturated carbocycles. The Morgan fingerprint density at radius 1 is 1.67 bits per heavy atom. The Hall–Kier alpha value is -1.73. The Labute approximate surface area is 107 Å². The van der Waals surface area contributed by atoms with E-state index >= 15 is 0 Å². The van der Waals surface area contributed by atoms with Crippen LogP contribution in [0, 0.1) is 0 Å². The van der Waals surface area contributed by atoms with E-state index in [0.29, 0.717) is 17.9 Å². The largest absolute Gasteiger partial charge is 0.352 e. The van der Waals surface area contributed by atoms with Gasteiger partial charge in [-0.1, -0.05) is 0 Å². The average molecular weight is 266 g/mol. The van der Waals surface area contributed by atoms with Gasteiger partial charge in [-0.3, -0.25) is 14.0 Å². The molecule has 0 aliphatic rings. The summed E-state index contributed by atoms with van der Waals surface area (Å²) in [7, 11) is 0. The fourth-order valence-corrected chi connectivity index (χ4v) is 2.16. The van der Waals surface area contributed by atoms with E-state index in [1.54, 1.807) is 11.6 Å². The van der Waals surface area contributed by atoms with Crippen LogP contribution in [0.25, 0.3) is 4.96 Å². The first-order valence-corrected chi connectivity index (χ1v) is 6.46. The zero-order valence-corrected chi connectivity index (χ0v) is 10.7. The predicted molar refractivity (Wildman–Crippen MR) is 69.9 cm³/mol. The number of carbonyl (C=O) groups is 1. The third-order valence-electron chi connectivity index (χ3n) is 2.47. The van der Waals surface area contributed by atoms with Crippen LogP contribution >= 0.6 is 11.3 Å². The number of fused-ring (bicyclic) bond motifs is 1. The van der Waals surface area contributed by atoms with E-state index < -0.39 is 5.91 Å². The van der Waals surface area contributed by atoms with Gasteiger partial charge in [0.15, 0.2) is 4.96 Å². The van der Waals surface area contributed by atoms with Crippen LogP contribution in [0.15, 0.2) is 22.6 Å². The van der Waals surface area contributed by atoms with Crippen molar-refractivity contribution < 1.29 is 4.79 Å². The highest BCUT2D eigenvalue weighted by Gasteiger charge is 2.13. The molecule has 96 valence electrons. The first kappa shape index (κ1) is 12.7. The van der Waals surface area contributed by atoms with Crippen molar-refractivity contribution in [2.24, 2.45) is 5.73 Å². The minimum Gasteiger partial charge on any atom is -0.352 e. The lowest BCUT2D eigenvalue weighted by atomic mass is 10.2. The van der Waals surface area contributed by atoms with Gasteiger partial charge in [-0.15, -0.1) is 11.3 Å². The maximum Gasteiger partial charge on any atom is 0.271 e. The predicted octanol–water partition coefficient (Wildman–Crippen LogP) is 0.223. The van der Waals surface area contributed by atoms with Gasteiger partial charge in [0.05, 0.1) is 0 Å². The molecule has 1 atom stereocenters. The summed E-state index contributed by atoms with van der Waals surface area (Å²) in [5.41, 5.74) is 5.28. The Bertz CT molecular complexity index is 617. The second-order valence-corrected chi connectivity index (χ2v) is 4.93. The van der Waals surface area contributed by atoms with Crippen LogP contribution in [0.1, 0.15) is 23.7 Å². The van der Waals surface area contributed by atoms with Gasteiger partial charge >= 0.3 is 0 Å². The summed E-state index contributed by atoms with van der Waals surface area (Å²) in [6.07, 6.45) is 3.59. The van der Waals surface area contributed by atoms with Gasteiger partial charge in [-0.2, -0.15) is 0 Å². The summed E-state index contributed by atoms with van der Waals surface area (Å²) in [6, 6.07) is 0.0175. The molecule has 0 aromatic carbocycles. The molecule has 0 bridgehead atoms. The molecule has 18 heavy (non-hydrogen) atoms. The number of amides is 1. The summed E-state index contributed by atoms with van der Waals surface area (Å²) >= 11 is 1.35. The molecule has 7 heteroatoms. The number of thiazole rings is 1. The van der Waals surface area contributed by atoms with Crippen molar-refractivity contribution in [3.05, 3.63) is 33.7 Å². The lowest BCUT2D eigenvalue weighted by Crippen LogP contribution is -2.33. The van der Waals surface area contributed by atoms with E-state index in [1.165, 1.54) is 21.9 Å². The summed E-state index contributed by atoms with van der Waals surface area (Å²) in [6.45, 7) is 2.31. The number of aromatic nitrogens is 2. The van der Waals surface area contributed by atoms with E-state index in [4.69, 9.17) is 5.73 Å². The minimum atomic E-state index is -0.409. The molecule has 0 spiro atoms. The molecule has 1 unspecified atom stereocenters. The lowest BCUT2D eigenvalue weighted by molar-refractivity contribution is 0.0951. The Kier molecular flexibility index (Phi) is 3.73. The highest BCUT2D eigenvalue weighted by molar-refractivity contribution is 7.15. The van der Waals surface area contributed by atoms with Crippen molar-refractivity contribution in [1.29, 1.82) is 0 Å². The molecular formula is C11H14N4O2S. The number of nitrogens with two attached hydrogens (primary N) is 1. The Morgan fingerprint density at radius 2 is 2.44 bits per heavy atom. The molecule has 2 aromatic heterocycles. The van der Waals surface area contributed by atoms with E-state index in [1.807, 2.05) is 6.92 Å². The number of rotatable bonds is 4. The second-order valence-electron chi connectivity index (χ2n) is 4.05. The average Bonchev–Trinajstić information content (AvgIpc) is 2.77. The first-order valence-electron chi connectivity index (χ1n) is 5.58. The topological polar surface area (TPSA) is 89.5 Å². The van der Waals surface area contributed by atoms with Crippen LogP contribution in [-0.2, 0) is 0 Å². The third kappa shape index (κ3) is 2.57. The van der Waals surface area contributed by atoms with E-state index in [-0.39, 0.29) is 17.2 Å². The summed E-state index contributed by atoms with van der Waals surface area (Å²) < 4.78 is 1.37. The zero-order chi connectivity index (χ0) is 13.1. The van der Waals surface area contributed by atoms with Gasteiger partial charge in [0.25, 0.3) is 11.5 Å². The molecule has 0 aliphatic carbocycles. The number of nitrogens with zero attached hydrogens (tertiary/aromatic N) is 2. The molecule has 0 radical (unpaired) electrons. The maximum absolute atomic E-state index is 12.0. The van der Waals surface area contributed by atoms with Crippen LogP contribution in [0.4, 0.5) is 0 Å². The molecule has 1 amide bonds.